The van der Waals surface area contributed by atoms with Gasteiger partial charge in [-0.3, -0.25) is 0 Å². The number of nitrogens with zero attached hydrogens (tertiary/aromatic N) is 1. The van der Waals surface area contributed by atoms with Crippen molar-refractivity contribution in [1.82, 2.24) is 9.97 Å². The number of hydrogen-bond donors (Lipinski definition) is 1. The molecule has 2 aromatic heterocycles. The van der Waals surface area contributed by atoms with Gasteiger partial charge in [-0.1, -0.05) is 11.6 Å². The first kappa shape index (κ1) is 23.3. The van der Waals surface area contributed by atoms with Crippen LogP contribution in [0.4, 0.5) is 0 Å². The van der Waals surface area contributed by atoms with E-state index in [1.807, 2.05) is 0 Å². The summed E-state index contributed by atoms with van der Waals surface area (Å²) >= 11 is 6.61. The normalized spacial score (nSPS) is 10.9. The molecule has 0 atom stereocenters. The standard InChI is InChI=1S/C22H23ClN2O7/c1-5-29-19-16(23)12-10-14(22(28)32-8-4)24-17(12)15-11(20(26)30-6-2)9-13(25-18(15)19)21(27)31-7-3/h9-10,25H,5-8H2,1-4H3. The molecular formula is C22H23ClN2O7. The second-order valence-corrected chi connectivity index (χ2v) is 6.87. The molecule has 0 spiro atoms. The number of benzene rings is 1. The van der Waals surface area contributed by atoms with E-state index in [1.54, 1.807) is 27.7 Å². The summed E-state index contributed by atoms with van der Waals surface area (Å²) in [6.07, 6.45) is 0. The number of aromatic nitrogens is 2. The molecule has 1 N–H and O–H groups in total. The van der Waals surface area contributed by atoms with Crippen molar-refractivity contribution in [2.75, 3.05) is 26.4 Å². The lowest BCUT2D eigenvalue weighted by Gasteiger charge is -2.15. The number of nitrogens with one attached hydrogen (secondary N) is 1. The van der Waals surface area contributed by atoms with Crippen LogP contribution in [0.1, 0.15) is 59.0 Å². The van der Waals surface area contributed by atoms with Crippen molar-refractivity contribution in [3.8, 4) is 5.75 Å². The molecule has 9 nitrogen and oxygen atoms in total. The number of pyridine rings is 1. The first-order valence-corrected chi connectivity index (χ1v) is 10.6. The van der Waals surface area contributed by atoms with Gasteiger partial charge in [0.1, 0.15) is 11.4 Å². The number of ether oxygens (including phenoxy) is 4. The van der Waals surface area contributed by atoms with E-state index in [0.717, 1.165) is 0 Å². The van der Waals surface area contributed by atoms with Crippen LogP contribution in [-0.4, -0.2) is 54.3 Å². The van der Waals surface area contributed by atoms with E-state index in [-0.39, 0.29) is 65.2 Å². The molecule has 1 aromatic carbocycles. The minimum Gasteiger partial charge on any atom is -0.490 e. The minimum atomic E-state index is -0.677. The lowest BCUT2D eigenvalue weighted by Crippen LogP contribution is -2.13. The average molecular weight is 463 g/mol. The molecule has 32 heavy (non-hydrogen) atoms. The number of rotatable bonds is 8. The van der Waals surface area contributed by atoms with Crippen molar-refractivity contribution in [2.45, 2.75) is 27.7 Å². The molecule has 10 heteroatoms. The van der Waals surface area contributed by atoms with Crippen LogP contribution in [0.3, 0.4) is 0 Å². The van der Waals surface area contributed by atoms with Crippen molar-refractivity contribution in [2.24, 2.45) is 0 Å². The smallest absolute Gasteiger partial charge is 0.356 e. The maximum absolute atomic E-state index is 12.9. The second-order valence-electron chi connectivity index (χ2n) is 6.49. The number of hydrogen-bond acceptors (Lipinski definition) is 8. The number of carbonyl (C=O) groups is 3. The Morgan fingerprint density at radius 1 is 0.906 bits per heavy atom. The van der Waals surface area contributed by atoms with Crippen LogP contribution in [0.5, 0.6) is 5.75 Å². The van der Waals surface area contributed by atoms with Gasteiger partial charge in [0.05, 0.1) is 48.0 Å². The van der Waals surface area contributed by atoms with E-state index in [9.17, 15) is 14.4 Å². The molecule has 0 saturated heterocycles. The van der Waals surface area contributed by atoms with Crippen molar-refractivity contribution in [3.63, 3.8) is 0 Å². The highest BCUT2D eigenvalue weighted by molar-refractivity contribution is 6.40. The van der Waals surface area contributed by atoms with Crippen LogP contribution >= 0.6 is 11.6 Å². The fourth-order valence-corrected chi connectivity index (χ4v) is 3.58. The third kappa shape index (κ3) is 4.20. The van der Waals surface area contributed by atoms with Gasteiger partial charge in [-0.25, -0.2) is 19.4 Å². The first-order valence-electron chi connectivity index (χ1n) is 10.2. The zero-order valence-corrected chi connectivity index (χ0v) is 18.9. The quantitative estimate of drug-likeness (QED) is 0.389. The molecule has 0 unspecified atom stereocenters. The second kappa shape index (κ2) is 9.86. The largest absolute Gasteiger partial charge is 0.490 e. The summed E-state index contributed by atoms with van der Waals surface area (Å²) in [5.41, 5.74) is 0.622. The van der Waals surface area contributed by atoms with Gasteiger partial charge in [0, 0.05) is 10.8 Å². The van der Waals surface area contributed by atoms with Gasteiger partial charge in [-0.05, 0) is 39.8 Å². The Labute approximate surface area is 188 Å². The van der Waals surface area contributed by atoms with Gasteiger partial charge < -0.3 is 23.9 Å². The highest BCUT2D eigenvalue weighted by Gasteiger charge is 2.27. The predicted octanol–water partition coefficient (Wildman–Crippen LogP) is 4.30. The monoisotopic (exact) mass is 462 g/mol. The molecule has 0 saturated carbocycles. The zero-order valence-electron chi connectivity index (χ0n) is 18.2. The fraction of sp³-hybridized carbons (Fsp3) is 0.364. The Morgan fingerprint density at radius 3 is 2.16 bits per heavy atom. The minimum absolute atomic E-state index is 0.0101. The fourth-order valence-electron chi connectivity index (χ4n) is 3.29. The number of H-pyrrole nitrogens is 1. The number of esters is 3. The lowest BCUT2D eigenvalue weighted by molar-refractivity contribution is 0.0508. The third-order valence-corrected chi connectivity index (χ3v) is 4.87. The van der Waals surface area contributed by atoms with Crippen molar-refractivity contribution >= 4 is 51.3 Å². The molecule has 0 bridgehead atoms. The predicted molar refractivity (Wildman–Crippen MR) is 118 cm³/mol. The Kier molecular flexibility index (Phi) is 7.19. The third-order valence-electron chi connectivity index (χ3n) is 4.50. The molecule has 0 radical (unpaired) electrons. The summed E-state index contributed by atoms with van der Waals surface area (Å²) in [5.74, 6) is -1.77. The van der Waals surface area contributed by atoms with E-state index < -0.39 is 17.9 Å². The summed E-state index contributed by atoms with van der Waals surface area (Å²) in [4.78, 5) is 44.9. The molecular weight excluding hydrogens is 440 g/mol. The number of fused-ring (bicyclic) bond motifs is 3. The van der Waals surface area contributed by atoms with Crippen LogP contribution in [0.15, 0.2) is 12.1 Å². The van der Waals surface area contributed by atoms with Crippen LogP contribution in [-0.2, 0) is 14.2 Å². The first-order chi connectivity index (χ1) is 15.4. The molecule has 170 valence electrons. The molecule has 0 aliphatic rings. The van der Waals surface area contributed by atoms with Crippen LogP contribution < -0.4 is 4.74 Å². The maximum atomic E-state index is 12.9. The lowest BCUT2D eigenvalue weighted by atomic mass is 10.0. The van der Waals surface area contributed by atoms with Gasteiger partial charge in [0.25, 0.3) is 0 Å². The van der Waals surface area contributed by atoms with Crippen LogP contribution in [0, 0.1) is 0 Å². The number of aromatic amines is 1. The van der Waals surface area contributed by atoms with Gasteiger partial charge in [0.2, 0.25) is 0 Å². The van der Waals surface area contributed by atoms with E-state index in [1.165, 1.54) is 12.1 Å². The molecule has 3 rings (SSSR count). The molecule has 0 aliphatic carbocycles. The Hall–Kier alpha value is -3.33. The summed E-state index contributed by atoms with van der Waals surface area (Å²) < 4.78 is 21.1. The summed E-state index contributed by atoms with van der Waals surface area (Å²) in [6.45, 7) is 7.47. The molecule has 2 heterocycles. The van der Waals surface area contributed by atoms with E-state index >= 15 is 0 Å². The Balaban J connectivity index is 2.46. The molecule has 0 aliphatic heterocycles. The maximum Gasteiger partial charge on any atom is 0.356 e. The van der Waals surface area contributed by atoms with Crippen LogP contribution in [0.2, 0.25) is 5.02 Å². The van der Waals surface area contributed by atoms with Gasteiger partial charge in [0.15, 0.2) is 5.75 Å². The zero-order chi connectivity index (χ0) is 23.4. The van der Waals surface area contributed by atoms with Crippen molar-refractivity contribution < 1.29 is 33.3 Å². The molecule has 0 fully saturated rings. The summed E-state index contributed by atoms with van der Waals surface area (Å²) in [7, 11) is 0. The Bertz CT molecular complexity index is 1200. The highest BCUT2D eigenvalue weighted by Crippen LogP contribution is 2.42. The van der Waals surface area contributed by atoms with E-state index in [0.29, 0.717) is 10.8 Å². The van der Waals surface area contributed by atoms with Gasteiger partial charge in [-0.15, -0.1) is 0 Å². The molecule has 3 aromatic rings. The van der Waals surface area contributed by atoms with Gasteiger partial charge >= 0.3 is 17.9 Å². The topological polar surface area (TPSA) is 117 Å². The Morgan fingerprint density at radius 2 is 1.53 bits per heavy atom. The van der Waals surface area contributed by atoms with E-state index in [4.69, 9.17) is 30.5 Å². The SMILES string of the molecule is CCOC(=O)c1cc2c(Cl)c(OCC)c3[nH]c(C(=O)OCC)cc(C(=O)OCC)c3c2n1. The highest BCUT2D eigenvalue weighted by atomic mass is 35.5. The number of carbonyl (C=O) groups excluding carboxylic acids is 3. The van der Waals surface area contributed by atoms with Crippen LogP contribution in [0.25, 0.3) is 21.8 Å². The molecule has 0 amide bonds. The van der Waals surface area contributed by atoms with Gasteiger partial charge in [-0.2, -0.15) is 0 Å². The number of halogens is 1. The van der Waals surface area contributed by atoms with E-state index in [2.05, 4.69) is 9.97 Å². The average Bonchev–Trinajstić information content (AvgIpc) is 3.22. The van der Waals surface area contributed by atoms with Crippen molar-refractivity contribution in [3.05, 3.63) is 34.1 Å². The van der Waals surface area contributed by atoms with Crippen molar-refractivity contribution in [1.29, 1.82) is 0 Å². The summed E-state index contributed by atoms with van der Waals surface area (Å²) in [5, 5.41) is 0.868. The summed E-state index contributed by atoms with van der Waals surface area (Å²) in [6, 6.07) is 2.81.